The van der Waals surface area contributed by atoms with Crippen molar-refractivity contribution >= 4 is 38.4 Å². The van der Waals surface area contributed by atoms with Crippen molar-refractivity contribution in [3.63, 3.8) is 0 Å². The number of hydrogen-bond acceptors (Lipinski definition) is 4. The van der Waals surface area contributed by atoms with Crippen LogP contribution in [0.15, 0.2) is 29.3 Å². The Balaban J connectivity index is 2.13. The molecule has 2 saturated heterocycles. The molecule has 0 bridgehead atoms. The SMILES string of the molecule is CC(C)(C)C(=O)N=C1S[C@@H]2CS(=O)(=O)C[C@@H]2N1c1ccccc1C(F)(F)F. The highest BCUT2D eigenvalue weighted by Crippen LogP contribution is 2.45. The number of carbonyl (C=O) groups excluding carboxylic acids is 1. The number of anilines is 1. The van der Waals surface area contributed by atoms with Gasteiger partial charge < -0.3 is 4.90 Å². The monoisotopic (exact) mass is 420 g/mol. The Bertz CT molecular complexity index is 905. The lowest BCUT2D eigenvalue weighted by Gasteiger charge is -2.28. The Labute approximate surface area is 159 Å². The Morgan fingerprint density at radius 2 is 1.81 bits per heavy atom. The van der Waals surface area contributed by atoms with E-state index in [1.54, 1.807) is 20.8 Å². The van der Waals surface area contributed by atoms with Gasteiger partial charge in [-0.25, -0.2) is 8.42 Å². The molecule has 1 aromatic carbocycles. The molecule has 2 aliphatic heterocycles. The summed E-state index contributed by atoms with van der Waals surface area (Å²) in [5.41, 5.74) is -1.86. The molecule has 3 rings (SSSR count). The summed E-state index contributed by atoms with van der Waals surface area (Å²) in [5, 5.41) is -0.334. The van der Waals surface area contributed by atoms with Crippen LogP contribution in [0, 0.1) is 5.41 Å². The highest BCUT2D eigenvalue weighted by Gasteiger charge is 2.51. The number of nitrogens with zero attached hydrogens (tertiary/aromatic N) is 2. The maximum atomic E-state index is 13.5. The zero-order chi connectivity index (χ0) is 20.2. The molecule has 0 aliphatic carbocycles. The van der Waals surface area contributed by atoms with E-state index in [0.29, 0.717) is 0 Å². The fourth-order valence-electron chi connectivity index (χ4n) is 3.02. The quantitative estimate of drug-likeness (QED) is 0.697. The van der Waals surface area contributed by atoms with Gasteiger partial charge in [0.25, 0.3) is 5.91 Å². The number of para-hydroxylation sites is 1. The van der Waals surface area contributed by atoms with Crippen molar-refractivity contribution in [1.82, 2.24) is 0 Å². The summed E-state index contributed by atoms with van der Waals surface area (Å²) in [4.78, 5) is 17.7. The first-order valence-electron chi connectivity index (χ1n) is 8.25. The number of rotatable bonds is 1. The highest BCUT2D eigenvalue weighted by atomic mass is 32.2. The molecule has 27 heavy (non-hydrogen) atoms. The fourth-order valence-corrected chi connectivity index (χ4v) is 6.93. The molecule has 2 fully saturated rings. The molecule has 2 aliphatic rings. The Kier molecular flexibility index (Phi) is 4.87. The van der Waals surface area contributed by atoms with Gasteiger partial charge in [0.05, 0.1) is 28.8 Å². The molecule has 0 N–H and O–H groups in total. The summed E-state index contributed by atoms with van der Waals surface area (Å²) in [5.74, 6) is -0.877. The van der Waals surface area contributed by atoms with Crippen LogP contribution in [-0.2, 0) is 20.8 Å². The van der Waals surface area contributed by atoms with Crippen molar-refractivity contribution in [2.24, 2.45) is 10.4 Å². The Hall–Kier alpha value is -1.55. The summed E-state index contributed by atoms with van der Waals surface area (Å²) >= 11 is 1.06. The van der Waals surface area contributed by atoms with Gasteiger partial charge in [0.2, 0.25) is 0 Å². The van der Waals surface area contributed by atoms with Crippen LogP contribution in [0.3, 0.4) is 0 Å². The molecule has 0 unspecified atom stereocenters. The minimum atomic E-state index is -4.62. The Morgan fingerprint density at radius 1 is 1.19 bits per heavy atom. The molecule has 2 atom stereocenters. The number of alkyl halides is 3. The van der Waals surface area contributed by atoms with Gasteiger partial charge in [-0.15, -0.1) is 0 Å². The second-order valence-electron chi connectivity index (χ2n) is 7.63. The van der Waals surface area contributed by atoms with Gasteiger partial charge in [0, 0.05) is 10.7 Å². The number of sulfone groups is 1. The van der Waals surface area contributed by atoms with E-state index in [9.17, 15) is 26.4 Å². The minimum Gasteiger partial charge on any atom is -0.315 e. The van der Waals surface area contributed by atoms with Gasteiger partial charge in [-0.05, 0) is 12.1 Å². The number of benzene rings is 1. The number of amides is 1. The molecule has 1 amide bonds. The molecular formula is C17H19F3N2O3S2. The van der Waals surface area contributed by atoms with Crippen molar-refractivity contribution in [3.8, 4) is 0 Å². The van der Waals surface area contributed by atoms with E-state index in [1.165, 1.54) is 23.1 Å². The molecule has 148 valence electrons. The summed E-state index contributed by atoms with van der Waals surface area (Å²) in [6, 6.07) is 4.27. The molecule has 0 spiro atoms. The van der Waals surface area contributed by atoms with E-state index >= 15 is 0 Å². The van der Waals surface area contributed by atoms with Crippen molar-refractivity contribution in [2.75, 3.05) is 16.4 Å². The molecule has 0 radical (unpaired) electrons. The lowest BCUT2D eigenvalue weighted by molar-refractivity contribution is -0.137. The number of thioether (sulfide) groups is 1. The van der Waals surface area contributed by atoms with Gasteiger partial charge in [-0.2, -0.15) is 18.2 Å². The number of amidine groups is 1. The van der Waals surface area contributed by atoms with Crippen molar-refractivity contribution in [3.05, 3.63) is 29.8 Å². The van der Waals surface area contributed by atoms with Crippen LogP contribution in [0.2, 0.25) is 0 Å². The highest BCUT2D eigenvalue weighted by molar-refractivity contribution is 8.16. The van der Waals surface area contributed by atoms with Gasteiger partial charge >= 0.3 is 6.18 Å². The maximum Gasteiger partial charge on any atom is 0.418 e. The van der Waals surface area contributed by atoms with Crippen LogP contribution < -0.4 is 4.90 Å². The number of carbonyl (C=O) groups is 1. The summed E-state index contributed by atoms with van der Waals surface area (Å²) in [6.45, 7) is 4.99. The first kappa shape index (κ1) is 20.2. The van der Waals surface area contributed by atoms with Gasteiger partial charge in [0.15, 0.2) is 15.0 Å². The van der Waals surface area contributed by atoms with E-state index in [1.807, 2.05) is 0 Å². The second kappa shape index (κ2) is 6.51. The fraction of sp³-hybridized carbons (Fsp3) is 0.529. The average Bonchev–Trinajstić information content (AvgIpc) is 2.96. The van der Waals surface area contributed by atoms with Crippen LogP contribution in [0.4, 0.5) is 18.9 Å². The van der Waals surface area contributed by atoms with Gasteiger partial charge in [0.1, 0.15) is 0 Å². The largest absolute Gasteiger partial charge is 0.418 e. The Morgan fingerprint density at radius 3 is 2.41 bits per heavy atom. The smallest absolute Gasteiger partial charge is 0.315 e. The summed E-state index contributed by atoms with van der Waals surface area (Å²) < 4.78 is 64.6. The minimum absolute atomic E-state index is 0.122. The number of fused-ring (bicyclic) bond motifs is 1. The van der Waals surface area contributed by atoms with Crippen LogP contribution in [-0.4, -0.2) is 42.3 Å². The normalized spacial score (nSPS) is 26.4. The van der Waals surface area contributed by atoms with E-state index in [4.69, 9.17) is 0 Å². The van der Waals surface area contributed by atoms with E-state index in [2.05, 4.69) is 4.99 Å². The summed E-state index contributed by atoms with van der Waals surface area (Å²) in [7, 11) is -3.36. The van der Waals surface area contributed by atoms with Gasteiger partial charge in [-0.1, -0.05) is 44.7 Å². The zero-order valence-electron chi connectivity index (χ0n) is 14.9. The molecule has 0 aromatic heterocycles. The van der Waals surface area contributed by atoms with E-state index in [0.717, 1.165) is 17.8 Å². The maximum absolute atomic E-state index is 13.5. The summed E-state index contributed by atoms with van der Waals surface area (Å²) in [6.07, 6.45) is -4.62. The average molecular weight is 420 g/mol. The lowest BCUT2D eigenvalue weighted by Crippen LogP contribution is -2.39. The standard InChI is InChI=1S/C17H19F3N2O3S2/c1-16(2,3)14(23)21-15-22(12-8-27(24,25)9-13(12)26-15)11-7-5-4-6-10(11)17(18,19)20/h4-7,12-13H,8-9H2,1-3H3/t12-,13+/m0/s1. The molecular weight excluding hydrogens is 401 g/mol. The van der Waals surface area contributed by atoms with Crippen molar-refractivity contribution in [2.45, 2.75) is 38.2 Å². The number of aliphatic imine (C=N–C) groups is 1. The third-order valence-electron chi connectivity index (χ3n) is 4.37. The van der Waals surface area contributed by atoms with Crippen LogP contribution in [0.1, 0.15) is 26.3 Å². The van der Waals surface area contributed by atoms with Crippen LogP contribution in [0.25, 0.3) is 0 Å². The first-order valence-corrected chi connectivity index (χ1v) is 11.0. The predicted molar refractivity (Wildman–Crippen MR) is 99.6 cm³/mol. The van der Waals surface area contributed by atoms with E-state index < -0.39 is 44.2 Å². The topological polar surface area (TPSA) is 66.8 Å². The third-order valence-corrected chi connectivity index (χ3v) is 7.58. The molecule has 2 heterocycles. The number of halogens is 3. The number of hydrogen-bond donors (Lipinski definition) is 0. The van der Waals surface area contributed by atoms with Crippen LogP contribution in [0.5, 0.6) is 0 Å². The lowest BCUT2D eigenvalue weighted by atomic mass is 9.96. The zero-order valence-corrected chi connectivity index (χ0v) is 16.6. The van der Waals surface area contributed by atoms with Crippen molar-refractivity contribution in [1.29, 1.82) is 0 Å². The van der Waals surface area contributed by atoms with Gasteiger partial charge in [-0.3, -0.25) is 4.79 Å². The second-order valence-corrected chi connectivity index (χ2v) is 11.0. The molecule has 0 saturated carbocycles. The van der Waals surface area contributed by atoms with E-state index in [-0.39, 0.29) is 22.4 Å². The van der Waals surface area contributed by atoms with Crippen LogP contribution >= 0.6 is 11.8 Å². The molecule has 5 nitrogen and oxygen atoms in total. The predicted octanol–water partition coefficient (Wildman–Crippen LogP) is 3.35. The van der Waals surface area contributed by atoms with Crippen molar-refractivity contribution < 1.29 is 26.4 Å². The first-order chi connectivity index (χ1) is 12.3. The third kappa shape index (κ3) is 4.01. The molecule has 10 heteroatoms. The molecule has 1 aromatic rings.